The molecule has 1 saturated heterocycles. The number of anilines is 3. The zero-order valence-electron chi connectivity index (χ0n) is 16.9. The van der Waals surface area contributed by atoms with Crippen molar-refractivity contribution >= 4 is 34.3 Å². The molecule has 10 heteroatoms. The van der Waals surface area contributed by atoms with E-state index in [9.17, 15) is 15.0 Å². The molecule has 0 unspecified atom stereocenters. The first-order valence-corrected chi connectivity index (χ1v) is 10.1. The van der Waals surface area contributed by atoms with Crippen molar-refractivity contribution in [3.8, 4) is 17.0 Å². The number of aromatic hydroxyl groups is 1. The second-order valence-corrected chi connectivity index (χ2v) is 7.35. The van der Waals surface area contributed by atoms with Crippen LogP contribution in [0.25, 0.3) is 22.2 Å². The number of nitrogens with zero attached hydrogens (tertiary/aromatic N) is 4. The van der Waals surface area contributed by atoms with E-state index < -0.39 is 5.97 Å². The van der Waals surface area contributed by atoms with Crippen LogP contribution in [-0.4, -0.2) is 62.7 Å². The molecule has 0 atom stereocenters. The number of hydrogen-bond acceptors (Lipinski definition) is 8. The minimum atomic E-state index is -1.18. The Hall–Kier alpha value is -4.18. The highest BCUT2D eigenvalue weighted by Gasteiger charge is 2.25. The Kier molecular flexibility index (Phi) is 5.04. The van der Waals surface area contributed by atoms with Gasteiger partial charge in [0, 0.05) is 29.7 Å². The first kappa shape index (κ1) is 19.8. The van der Waals surface area contributed by atoms with E-state index in [-0.39, 0.29) is 22.8 Å². The van der Waals surface area contributed by atoms with Gasteiger partial charge in [0.2, 0.25) is 5.95 Å². The molecule has 0 saturated carbocycles. The fourth-order valence-corrected chi connectivity index (χ4v) is 3.67. The molecule has 4 aromatic rings. The molecule has 0 spiro atoms. The fourth-order valence-electron chi connectivity index (χ4n) is 3.67. The lowest BCUT2D eigenvalue weighted by atomic mass is 10.1. The number of phenols is 1. The van der Waals surface area contributed by atoms with Gasteiger partial charge in [-0.1, -0.05) is 12.1 Å². The van der Waals surface area contributed by atoms with E-state index in [2.05, 4.69) is 25.5 Å². The monoisotopic (exact) mass is 432 g/mol. The number of aromatic nitrogens is 4. The Labute approximate surface area is 182 Å². The molecule has 32 heavy (non-hydrogen) atoms. The molecule has 0 radical (unpaired) electrons. The van der Waals surface area contributed by atoms with Gasteiger partial charge in [-0.25, -0.2) is 9.78 Å². The molecule has 0 amide bonds. The number of carboxylic acids is 1. The highest BCUT2D eigenvalue weighted by atomic mass is 16.5. The number of aromatic carboxylic acids is 1. The summed E-state index contributed by atoms with van der Waals surface area (Å²) in [5.41, 5.74) is 2.14. The Balaban J connectivity index is 1.67. The van der Waals surface area contributed by atoms with Gasteiger partial charge in [0.1, 0.15) is 11.3 Å². The lowest BCUT2D eigenvalue weighted by Gasteiger charge is -2.28. The zero-order valence-corrected chi connectivity index (χ0v) is 16.9. The molecule has 1 aliphatic rings. The van der Waals surface area contributed by atoms with Crippen LogP contribution in [-0.2, 0) is 4.74 Å². The molecule has 0 bridgehead atoms. The summed E-state index contributed by atoms with van der Waals surface area (Å²) in [7, 11) is 0. The van der Waals surface area contributed by atoms with Crippen molar-refractivity contribution in [2.24, 2.45) is 0 Å². The number of morpholine rings is 1. The highest BCUT2D eigenvalue weighted by molar-refractivity contribution is 6.01. The van der Waals surface area contributed by atoms with Crippen LogP contribution in [0.5, 0.6) is 5.75 Å². The van der Waals surface area contributed by atoms with Crippen molar-refractivity contribution < 1.29 is 19.7 Å². The largest absolute Gasteiger partial charge is 0.508 e. The van der Waals surface area contributed by atoms with Crippen LogP contribution in [0.15, 0.2) is 48.7 Å². The van der Waals surface area contributed by atoms with Crippen molar-refractivity contribution in [2.45, 2.75) is 0 Å². The molecule has 162 valence electrons. The molecule has 2 aromatic heterocycles. The van der Waals surface area contributed by atoms with Gasteiger partial charge in [-0.2, -0.15) is 10.1 Å². The molecule has 10 nitrogen and oxygen atoms in total. The molecule has 0 aliphatic carbocycles. The number of ether oxygens (including phenoxy) is 1. The van der Waals surface area contributed by atoms with Crippen LogP contribution in [0.1, 0.15) is 10.4 Å². The number of carbonyl (C=O) groups is 1. The molecular weight excluding hydrogens is 412 g/mol. The van der Waals surface area contributed by atoms with E-state index in [0.29, 0.717) is 43.5 Å². The first-order chi connectivity index (χ1) is 15.6. The van der Waals surface area contributed by atoms with Gasteiger partial charge < -0.3 is 25.2 Å². The SMILES string of the molecule is O=C(O)c1c(Nc2ccc3[nH]ncc3c2)nc(N2CCOCC2)nc1-c1cccc(O)c1. The molecule has 1 fully saturated rings. The van der Waals surface area contributed by atoms with Crippen LogP contribution < -0.4 is 10.2 Å². The Morgan fingerprint density at radius 1 is 1.12 bits per heavy atom. The minimum absolute atomic E-state index is 0.0188. The summed E-state index contributed by atoms with van der Waals surface area (Å²) in [6.07, 6.45) is 1.69. The van der Waals surface area contributed by atoms with E-state index in [1.54, 1.807) is 18.3 Å². The lowest BCUT2D eigenvalue weighted by Crippen LogP contribution is -2.37. The zero-order chi connectivity index (χ0) is 22.1. The molecule has 2 aromatic carbocycles. The molecule has 5 rings (SSSR count). The number of aromatic amines is 1. The topological polar surface area (TPSA) is 136 Å². The third-order valence-electron chi connectivity index (χ3n) is 5.23. The average Bonchev–Trinajstić information content (AvgIpc) is 3.27. The van der Waals surface area contributed by atoms with Crippen molar-refractivity contribution in [2.75, 3.05) is 36.5 Å². The van der Waals surface area contributed by atoms with Crippen LogP contribution in [0.3, 0.4) is 0 Å². The van der Waals surface area contributed by atoms with Crippen LogP contribution >= 0.6 is 0 Å². The number of carboxylic acid groups (broad SMARTS) is 1. The van der Waals surface area contributed by atoms with Crippen LogP contribution in [0, 0.1) is 0 Å². The summed E-state index contributed by atoms with van der Waals surface area (Å²) in [4.78, 5) is 23.4. The third-order valence-corrected chi connectivity index (χ3v) is 5.23. The van der Waals surface area contributed by atoms with Crippen molar-refractivity contribution in [1.29, 1.82) is 0 Å². The quantitative estimate of drug-likeness (QED) is 0.375. The summed E-state index contributed by atoms with van der Waals surface area (Å²) in [6, 6.07) is 11.9. The van der Waals surface area contributed by atoms with Gasteiger partial charge in [0.15, 0.2) is 5.82 Å². The number of nitrogens with one attached hydrogen (secondary N) is 2. The summed E-state index contributed by atoms with van der Waals surface area (Å²) < 4.78 is 5.42. The van der Waals surface area contributed by atoms with E-state index in [4.69, 9.17) is 4.74 Å². The van der Waals surface area contributed by atoms with Crippen molar-refractivity contribution in [3.05, 3.63) is 54.2 Å². The standard InChI is InChI=1S/C22H20N6O4/c29-16-3-1-2-13(11-16)19-18(21(30)31)20(26-22(25-19)28-6-8-32-9-7-28)24-15-4-5-17-14(10-15)12-23-27-17/h1-5,10-12,29H,6-9H2,(H,23,27)(H,30,31)(H,24,25,26). The minimum Gasteiger partial charge on any atom is -0.508 e. The number of fused-ring (bicyclic) bond motifs is 1. The van der Waals surface area contributed by atoms with Gasteiger partial charge in [-0.05, 0) is 30.3 Å². The maximum atomic E-state index is 12.3. The van der Waals surface area contributed by atoms with Gasteiger partial charge in [0.05, 0.1) is 30.6 Å². The number of H-pyrrole nitrogens is 1. The van der Waals surface area contributed by atoms with E-state index in [0.717, 1.165) is 10.9 Å². The van der Waals surface area contributed by atoms with Crippen LogP contribution in [0.4, 0.5) is 17.5 Å². The lowest BCUT2D eigenvalue weighted by molar-refractivity contribution is 0.0698. The van der Waals surface area contributed by atoms with Gasteiger partial charge >= 0.3 is 5.97 Å². The second kappa shape index (κ2) is 8.16. The number of benzene rings is 2. The highest BCUT2D eigenvalue weighted by Crippen LogP contribution is 2.33. The average molecular weight is 432 g/mol. The molecule has 1 aliphatic heterocycles. The van der Waals surface area contributed by atoms with E-state index >= 15 is 0 Å². The Morgan fingerprint density at radius 3 is 2.75 bits per heavy atom. The Morgan fingerprint density at radius 2 is 1.97 bits per heavy atom. The summed E-state index contributed by atoms with van der Waals surface area (Å²) >= 11 is 0. The molecular formula is C22H20N6O4. The number of rotatable bonds is 5. The maximum Gasteiger partial charge on any atom is 0.341 e. The van der Waals surface area contributed by atoms with Gasteiger partial charge in [-0.15, -0.1) is 0 Å². The Bertz CT molecular complexity index is 1300. The fraction of sp³-hybridized carbons (Fsp3) is 0.182. The first-order valence-electron chi connectivity index (χ1n) is 10.1. The summed E-state index contributed by atoms with van der Waals surface area (Å²) in [5, 5.41) is 31.0. The smallest absolute Gasteiger partial charge is 0.341 e. The predicted octanol–water partition coefficient (Wildman–Crippen LogP) is 3.00. The van der Waals surface area contributed by atoms with Crippen molar-refractivity contribution in [3.63, 3.8) is 0 Å². The third kappa shape index (κ3) is 3.79. The number of phenolic OH excluding ortho intramolecular Hbond substituents is 1. The van der Waals surface area contributed by atoms with Crippen LogP contribution in [0.2, 0.25) is 0 Å². The maximum absolute atomic E-state index is 12.3. The van der Waals surface area contributed by atoms with E-state index in [1.807, 2.05) is 23.1 Å². The molecule has 4 N–H and O–H groups in total. The van der Waals surface area contributed by atoms with Gasteiger partial charge in [-0.3, -0.25) is 5.10 Å². The summed E-state index contributed by atoms with van der Waals surface area (Å²) in [5.74, 6) is -0.604. The van der Waals surface area contributed by atoms with Crippen molar-refractivity contribution in [1.82, 2.24) is 20.2 Å². The normalized spacial score (nSPS) is 13.9. The summed E-state index contributed by atoms with van der Waals surface area (Å²) in [6.45, 7) is 2.25. The van der Waals surface area contributed by atoms with Gasteiger partial charge in [0.25, 0.3) is 0 Å². The van der Waals surface area contributed by atoms with E-state index in [1.165, 1.54) is 12.1 Å². The molecule has 3 heterocycles. The predicted molar refractivity (Wildman–Crippen MR) is 119 cm³/mol. The number of hydrogen-bond donors (Lipinski definition) is 4. The second-order valence-electron chi connectivity index (χ2n) is 7.35.